The highest BCUT2D eigenvalue weighted by atomic mass is 16.7. The number of hydrogen-bond acceptors (Lipinski definition) is 4. The Morgan fingerprint density at radius 2 is 1.21 bits per heavy atom. The van der Waals surface area contributed by atoms with Gasteiger partial charge in [-0.25, -0.2) is 0 Å². The molecular formula is C34H33BN2O2. The first kappa shape index (κ1) is 25.4. The van der Waals surface area contributed by atoms with E-state index in [2.05, 4.69) is 136 Å². The van der Waals surface area contributed by atoms with Crippen LogP contribution in [0.3, 0.4) is 0 Å². The first-order chi connectivity index (χ1) is 18.8. The minimum Gasteiger partial charge on any atom is -0.399 e. The molecule has 2 heterocycles. The van der Waals surface area contributed by atoms with Crippen LogP contribution in [0.2, 0.25) is 0 Å². The van der Waals surface area contributed by atoms with Crippen LogP contribution in [0.5, 0.6) is 0 Å². The molecule has 1 atom stereocenters. The number of nitrogens with one attached hydrogen (secondary N) is 1. The van der Waals surface area contributed by atoms with Crippen LogP contribution in [0.4, 0.5) is 0 Å². The molecule has 2 aliphatic rings. The Bertz CT molecular complexity index is 1510. The SMILES string of the molecule is CC1(C)OB(c2cccc(C3=NC(c4ccccc4)NC(c4ccc(-c5ccccc5)cc4)=C3)c2)OC1(C)C. The number of hydrogen-bond donors (Lipinski definition) is 1. The lowest BCUT2D eigenvalue weighted by Crippen LogP contribution is -2.41. The standard InChI is InChI=1S/C34H33BN2O2/c1-33(2)34(3,4)39-35(38-33)29-17-11-16-28(22-29)31-23-30(36-32(37-31)27-14-9-6-10-15-27)26-20-18-25(19-21-26)24-12-7-5-8-13-24/h5-23,32,36H,1-4H3. The van der Waals surface area contributed by atoms with Crippen molar-refractivity contribution in [1.82, 2.24) is 5.32 Å². The van der Waals surface area contributed by atoms with Crippen molar-refractivity contribution in [3.8, 4) is 11.1 Å². The van der Waals surface area contributed by atoms with Crippen LogP contribution in [0.1, 0.15) is 50.6 Å². The fourth-order valence-electron chi connectivity index (χ4n) is 4.95. The van der Waals surface area contributed by atoms with Gasteiger partial charge in [-0.1, -0.05) is 109 Å². The molecule has 0 saturated carbocycles. The summed E-state index contributed by atoms with van der Waals surface area (Å²) in [5.41, 5.74) is 7.83. The Morgan fingerprint density at radius 3 is 1.87 bits per heavy atom. The Morgan fingerprint density at radius 1 is 0.641 bits per heavy atom. The molecule has 39 heavy (non-hydrogen) atoms. The average molecular weight is 512 g/mol. The number of allylic oxidation sites excluding steroid dienone is 1. The van der Waals surface area contributed by atoms with Crippen molar-refractivity contribution in [3.05, 3.63) is 132 Å². The normalized spacial score (nSPS) is 19.7. The van der Waals surface area contributed by atoms with Crippen LogP contribution in [0.25, 0.3) is 16.8 Å². The molecule has 4 nitrogen and oxygen atoms in total. The number of aliphatic imine (C=N–C) groups is 1. The second-order valence-corrected chi connectivity index (χ2v) is 11.2. The molecule has 0 aliphatic carbocycles. The fraction of sp³-hybridized carbons (Fsp3) is 0.206. The van der Waals surface area contributed by atoms with Gasteiger partial charge < -0.3 is 14.6 Å². The van der Waals surface area contributed by atoms with Gasteiger partial charge in [-0.15, -0.1) is 0 Å². The minimum atomic E-state index is -0.420. The van der Waals surface area contributed by atoms with Gasteiger partial charge in [0.2, 0.25) is 0 Å². The monoisotopic (exact) mass is 512 g/mol. The molecule has 6 rings (SSSR count). The summed E-state index contributed by atoms with van der Waals surface area (Å²) in [4.78, 5) is 5.14. The molecule has 0 aromatic heterocycles. The maximum atomic E-state index is 6.33. The van der Waals surface area contributed by atoms with Crippen molar-refractivity contribution in [2.75, 3.05) is 0 Å². The van der Waals surface area contributed by atoms with E-state index in [1.54, 1.807) is 0 Å². The Labute approximate surface area is 231 Å². The molecule has 1 unspecified atom stereocenters. The first-order valence-corrected chi connectivity index (χ1v) is 13.5. The lowest BCUT2D eigenvalue weighted by Gasteiger charge is -2.32. The van der Waals surface area contributed by atoms with Gasteiger partial charge in [0.25, 0.3) is 0 Å². The van der Waals surface area contributed by atoms with Gasteiger partial charge in [0.1, 0.15) is 6.17 Å². The zero-order valence-corrected chi connectivity index (χ0v) is 22.9. The molecule has 1 N–H and O–H groups in total. The van der Waals surface area contributed by atoms with E-state index in [4.69, 9.17) is 14.3 Å². The summed E-state index contributed by atoms with van der Waals surface area (Å²) >= 11 is 0. The molecule has 194 valence electrons. The lowest BCUT2D eigenvalue weighted by molar-refractivity contribution is 0.00578. The number of nitrogens with zero attached hydrogens (tertiary/aromatic N) is 1. The highest BCUT2D eigenvalue weighted by Gasteiger charge is 2.51. The molecule has 1 saturated heterocycles. The molecule has 4 aromatic rings. The third kappa shape index (κ3) is 5.08. The van der Waals surface area contributed by atoms with E-state index in [0.717, 1.165) is 33.6 Å². The van der Waals surface area contributed by atoms with E-state index in [9.17, 15) is 0 Å². The molecule has 5 heteroatoms. The van der Waals surface area contributed by atoms with Gasteiger partial charge in [0.05, 0.1) is 16.9 Å². The lowest BCUT2D eigenvalue weighted by atomic mass is 9.78. The molecule has 2 aliphatic heterocycles. The van der Waals surface area contributed by atoms with Gasteiger partial charge in [0.15, 0.2) is 0 Å². The smallest absolute Gasteiger partial charge is 0.399 e. The van der Waals surface area contributed by atoms with Crippen LogP contribution >= 0.6 is 0 Å². The number of benzene rings is 4. The highest BCUT2D eigenvalue weighted by molar-refractivity contribution is 6.62. The van der Waals surface area contributed by atoms with E-state index in [-0.39, 0.29) is 6.17 Å². The molecule has 0 amide bonds. The zero-order valence-electron chi connectivity index (χ0n) is 22.9. The topological polar surface area (TPSA) is 42.8 Å². The van der Waals surface area contributed by atoms with Crippen molar-refractivity contribution in [2.45, 2.75) is 45.1 Å². The van der Waals surface area contributed by atoms with E-state index in [1.165, 1.54) is 11.1 Å². The Kier molecular flexibility index (Phi) is 6.50. The summed E-state index contributed by atoms with van der Waals surface area (Å²) in [5.74, 6) is 0. The maximum Gasteiger partial charge on any atom is 0.494 e. The predicted molar refractivity (Wildman–Crippen MR) is 161 cm³/mol. The van der Waals surface area contributed by atoms with E-state index in [1.807, 2.05) is 12.1 Å². The second kappa shape index (κ2) is 9.99. The van der Waals surface area contributed by atoms with Crippen molar-refractivity contribution in [3.63, 3.8) is 0 Å². The van der Waals surface area contributed by atoms with E-state index >= 15 is 0 Å². The van der Waals surface area contributed by atoms with E-state index in [0.29, 0.717) is 0 Å². The quantitative estimate of drug-likeness (QED) is 0.300. The summed E-state index contributed by atoms with van der Waals surface area (Å²) in [5, 5.41) is 3.66. The summed E-state index contributed by atoms with van der Waals surface area (Å²) in [6.07, 6.45) is 1.94. The third-order valence-electron chi connectivity index (χ3n) is 7.97. The van der Waals surface area contributed by atoms with Crippen molar-refractivity contribution in [1.29, 1.82) is 0 Å². The van der Waals surface area contributed by atoms with Crippen molar-refractivity contribution in [2.24, 2.45) is 4.99 Å². The summed E-state index contributed by atoms with van der Waals surface area (Å²) in [7, 11) is -0.420. The molecule has 0 spiro atoms. The molecule has 0 radical (unpaired) electrons. The highest BCUT2D eigenvalue weighted by Crippen LogP contribution is 2.36. The minimum absolute atomic E-state index is 0.199. The van der Waals surface area contributed by atoms with Crippen LogP contribution in [0.15, 0.2) is 120 Å². The molecule has 0 bridgehead atoms. The van der Waals surface area contributed by atoms with Gasteiger partial charge in [-0.05, 0) is 67.1 Å². The fourth-order valence-corrected chi connectivity index (χ4v) is 4.95. The van der Waals surface area contributed by atoms with Gasteiger partial charge in [-0.3, -0.25) is 4.99 Å². The molecule has 4 aromatic carbocycles. The molecule has 1 fully saturated rings. The largest absolute Gasteiger partial charge is 0.494 e. The van der Waals surface area contributed by atoms with Gasteiger partial charge in [-0.2, -0.15) is 0 Å². The Hall–Kier alpha value is -3.93. The Balaban J connectivity index is 1.36. The van der Waals surface area contributed by atoms with E-state index < -0.39 is 18.3 Å². The van der Waals surface area contributed by atoms with Gasteiger partial charge in [0, 0.05) is 5.70 Å². The van der Waals surface area contributed by atoms with Crippen LogP contribution in [-0.2, 0) is 9.31 Å². The van der Waals surface area contributed by atoms with Crippen LogP contribution < -0.4 is 10.8 Å². The van der Waals surface area contributed by atoms with Crippen LogP contribution in [-0.4, -0.2) is 24.0 Å². The number of rotatable bonds is 5. The zero-order chi connectivity index (χ0) is 27.0. The van der Waals surface area contributed by atoms with Crippen molar-refractivity contribution < 1.29 is 9.31 Å². The van der Waals surface area contributed by atoms with Gasteiger partial charge >= 0.3 is 7.12 Å². The summed E-state index contributed by atoms with van der Waals surface area (Å²) < 4.78 is 12.7. The van der Waals surface area contributed by atoms with Crippen LogP contribution in [0, 0.1) is 0 Å². The third-order valence-corrected chi connectivity index (χ3v) is 7.97. The molecular weight excluding hydrogens is 479 g/mol. The predicted octanol–water partition coefficient (Wildman–Crippen LogP) is 6.79. The maximum absolute atomic E-state index is 6.33. The second-order valence-electron chi connectivity index (χ2n) is 11.2. The summed E-state index contributed by atoms with van der Waals surface area (Å²) in [6.45, 7) is 8.32. The first-order valence-electron chi connectivity index (χ1n) is 13.5. The van der Waals surface area contributed by atoms with Crippen molar-refractivity contribution >= 4 is 24.0 Å². The average Bonchev–Trinajstić information content (AvgIpc) is 3.20. The summed E-state index contributed by atoms with van der Waals surface area (Å²) in [6, 6.07) is 37.9.